The van der Waals surface area contributed by atoms with Crippen LogP contribution in [-0.2, 0) is 29.2 Å². The van der Waals surface area contributed by atoms with Gasteiger partial charge >= 0.3 is 6.03 Å². The first-order valence-electron chi connectivity index (χ1n) is 15.5. The van der Waals surface area contributed by atoms with E-state index in [1.807, 2.05) is 66.7 Å². The Morgan fingerprint density at radius 1 is 0.762 bits per heavy atom. The number of benzene rings is 3. The molecule has 2 aliphatic rings. The number of rotatable bonds is 9. The van der Waals surface area contributed by atoms with Crippen LogP contribution in [0.25, 0.3) is 0 Å². The van der Waals surface area contributed by atoms with Crippen molar-refractivity contribution in [3.8, 4) is 0 Å². The number of aliphatic hydroxyl groups excluding tert-OH is 1. The average molecular weight is 572 g/mol. The Kier molecular flexibility index (Phi) is 11.0. The number of nitrogens with zero attached hydrogens (tertiary/aromatic N) is 1. The van der Waals surface area contributed by atoms with Gasteiger partial charge in [-0.25, -0.2) is 4.79 Å². The van der Waals surface area contributed by atoms with E-state index in [9.17, 15) is 9.90 Å². The van der Waals surface area contributed by atoms with Crippen molar-refractivity contribution < 1.29 is 19.4 Å². The molecule has 3 N–H and O–H groups in total. The van der Waals surface area contributed by atoms with Gasteiger partial charge in [-0.05, 0) is 48.2 Å². The Labute approximate surface area is 250 Å². The van der Waals surface area contributed by atoms with E-state index < -0.39 is 6.29 Å². The molecule has 2 amide bonds. The lowest BCUT2D eigenvalue weighted by molar-refractivity contribution is -0.276. The van der Waals surface area contributed by atoms with Gasteiger partial charge in [-0.2, -0.15) is 0 Å². The largest absolute Gasteiger partial charge is 0.392 e. The van der Waals surface area contributed by atoms with Gasteiger partial charge in [0, 0.05) is 31.1 Å². The lowest BCUT2D eigenvalue weighted by Gasteiger charge is -2.43. The zero-order valence-corrected chi connectivity index (χ0v) is 24.7. The van der Waals surface area contributed by atoms with Crippen molar-refractivity contribution in [2.45, 2.75) is 77.2 Å². The van der Waals surface area contributed by atoms with Gasteiger partial charge in [0.05, 0.1) is 18.8 Å². The predicted molar refractivity (Wildman–Crippen MR) is 164 cm³/mol. The Morgan fingerprint density at radius 2 is 1.33 bits per heavy atom. The molecule has 7 heteroatoms. The van der Waals surface area contributed by atoms with Gasteiger partial charge in [0.1, 0.15) is 0 Å². The lowest BCUT2D eigenvalue weighted by atomic mass is 9.89. The summed E-state index contributed by atoms with van der Waals surface area (Å²) in [6.45, 7) is 6.31. The molecule has 0 saturated carbocycles. The average Bonchev–Trinajstić information content (AvgIpc) is 3.02. The number of hydrogen-bond donors (Lipinski definition) is 3. The van der Waals surface area contributed by atoms with Crippen LogP contribution in [0.4, 0.5) is 4.79 Å². The Balaban J connectivity index is 1.24. The number of ether oxygens (including phenoxy) is 2. The van der Waals surface area contributed by atoms with E-state index in [-0.39, 0.29) is 30.8 Å². The Hall–Kier alpha value is -3.23. The number of hydrogen-bond acceptors (Lipinski definition) is 5. The molecule has 2 saturated heterocycles. The molecule has 0 bridgehead atoms. The molecule has 5 rings (SSSR count). The highest BCUT2D eigenvalue weighted by Crippen LogP contribution is 2.42. The Morgan fingerprint density at radius 3 is 1.98 bits per heavy atom. The van der Waals surface area contributed by atoms with Gasteiger partial charge in [0.2, 0.25) is 0 Å². The molecule has 2 heterocycles. The summed E-state index contributed by atoms with van der Waals surface area (Å²) in [4.78, 5) is 14.9. The fourth-order valence-electron chi connectivity index (χ4n) is 5.89. The van der Waals surface area contributed by atoms with Crippen molar-refractivity contribution in [2.75, 3.05) is 19.6 Å². The predicted octanol–water partition coefficient (Wildman–Crippen LogP) is 6.24. The van der Waals surface area contributed by atoms with Crippen LogP contribution in [0.5, 0.6) is 0 Å². The summed E-state index contributed by atoms with van der Waals surface area (Å²) in [6.07, 6.45) is 5.86. The van der Waals surface area contributed by atoms with Crippen molar-refractivity contribution >= 4 is 6.03 Å². The molecule has 3 aromatic rings. The molecule has 0 aliphatic carbocycles. The van der Waals surface area contributed by atoms with E-state index in [0.717, 1.165) is 47.5 Å². The van der Waals surface area contributed by atoms with Crippen LogP contribution in [0.1, 0.15) is 79.2 Å². The molecule has 4 unspecified atom stereocenters. The first-order chi connectivity index (χ1) is 20.6. The van der Waals surface area contributed by atoms with Gasteiger partial charge in [0.15, 0.2) is 6.29 Å². The number of amides is 2. The molecule has 0 aromatic heterocycles. The molecular formula is C35H45N3O4. The van der Waals surface area contributed by atoms with E-state index in [2.05, 4.69) is 34.6 Å². The summed E-state index contributed by atoms with van der Waals surface area (Å²) in [5.41, 5.74) is 5.03. The Bertz CT molecular complexity index is 1230. The van der Waals surface area contributed by atoms with Gasteiger partial charge < -0.3 is 30.1 Å². The fourth-order valence-corrected chi connectivity index (χ4v) is 5.89. The third-order valence-electron chi connectivity index (χ3n) is 8.51. The molecule has 2 aliphatic heterocycles. The highest BCUT2D eigenvalue weighted by molar-refractivity contribution is 5.73. The monoisotopic (exact) mass is 571 g/mol. The number of aliphatic hydroxyl groups is 1. The van der Waals surface area contributed by atoms with Crippen molar-refractivity contribution in [3.05, 3.63) is 107 Å². The smallest absolute Gasteiger partial charge is 0.315 e. The SMILES string of the molecule is CC1C(CN2CCCCCCC2)OC(c2ccc(CNC(=O)NCc3ccccc3)cc2)OC1c1ccc(CO)cc1. The molecule has 42 heavy (non-hydrogen) atoms. The van der Waals surface area contributed by atoms with Crippen molar-refractivity contribution in [3.63, 3.8) is 0 Å². The first kappa shape index (κ1) is 30.2. The quantitative estimate of drug-likeness (QED) is 0.283. The zero-order valence-electron chi connectivity index (χ0n) is 24.7. The van der Waals surface area contributed by atoms with Gasteiger partial charge in [-0.3, -0.25) is 0 Å². The number of nitrogens with one attached hydrogen (secondary N) is 2. The molecule has 0 radical (unpaired) electrons. The topological polar surface area (TPSA) is 83.1 Å². The van der Waals surface area contributed by atoms with E-state index >= 15 is 0 Å². The second kappa shape index (κ2) is 15.3. The summed E-state index contributed by atoms with van der Waals surface area (Å²) in [7, 11) is 0. The molecule has 4 atom stereocenters. The standard InChI is InChI=1S/C35H45N3O4/c1-26-32(24-38-20-8-3-2-4-9-21-38)41-34(42-33(26)30-16-14-29(25-39)15-17-30)31-18-12-28(13-19-31)23-37-35(40)36-22-27-10-6-5-7-11-27/h5-7,10-19,26,32-34,39H,2-4,8-9,20-25H2,1H3,(H2,36,37,40). The number of carbonyl (C=O) groups excluding carboxylic acids is 1. The summed E-state index contributed by atoms with van der Waals surface area (Å²) < 4.78 is 13.3. The van der Waals surface area contributed by atoms with Crippen LogP contribution < -0.4 is 10.6 Å². The van der Waals surface area contributed by atoms with Crippen LogP contribution in [0.15, 0.2) is 78.9 Å². The number of likely N-dealkylation sites (tertiary alicyclic amines) is 1. The zero-order chi connectivity index (χ0) is 29.1. The normalized spacial score (nSPS) is 23.5. The van der Waals surface area contributed by atoms with Crippen LogP contribution in [0.3, 0.4) is 0 Å². The van der Waals surface area contributed by atoms with Crippen molar-refractivity contribution in [1.29, 1.82) is 0 Å². The van der Waals surface area contributed by atoms with Crippen LogP contribution in [0.2, 0.25) is 0 Å². The van der Waals surface area contributed by atoms with Crippen molar-refractivity contribution in [2.24, 2.45) is 5.92 Å². The minimum absolute atomic E-state index is 0.0281. The highest BCUT2D eigenvalue weighted by Gasteiger charge is 2.39. The lowest BCUT2D eigenvalue weighted by Crippen LogP contribution is -2.45. The first-order valence-corrected chi connectivity index (χ1v) is 15.5. The second-order valence-electron chi connectivity index (χ2n) is 11.7. The third kappa shape index (κ3) is 8.42. The second-order valence-corrected chi connectivity index (χ2v) is 11.7. The summed E-state index contributed by atoms with van der Waals surface area (Å²) >= 11 is 0. The molecule has 3 aromatic carbocycles. The maximum Gasteiger partial charge on any atom is 0.315 e. The maximum absolute atomic E-state index is 12.3. The summed E-state index contributed by atoms with van der Waals surface area (Å²) in [6, 6.07) is 25.9. The minimum Gasteiger partial charge on any atom is -0.392 e. The summed E-state index contributed by atoms with van der Waals surface area (Å²) in [5.74, 6) is 0.171. The molecule has 224 valence electrons. The van der Waals surface area contributed by atoms with E-state index in [4.69, 9.17) is 9.47 Å². The van der Waals surface area contributed by atoms with Gasteiger partial charge in [0.25, 0.3) is 0 Å². The third-order valence-corrected chi connectivity index (χ3v) is 8.51. The molecule has 2 fully saturated rings. The van der Waals surface area contributed by atoms with E-state index in [0.29, 0.717) is 13.1 Å². The molecule has 7 nitrogen and oxygen atoms in total. The maximum atomic E-state index is 12.3. The molecular weight excluding hydrogens is 526 g/mol. The highest BCUT2D eigenvalue weighted by atomic mass is 16.7. The van der Waals surface area contributed by atoms with Crippen molar-refractivity contribution in [1.82, 2.24) is 15.5 Å². The van der Waals surface area contributed by atoms with Gasteiger partial charge in [-0.1, -0.05) is 105 Å². The van der Waals surface area contributed by atoms with Crippen LogP contribution >= 0.6 is 0 Å². The van der Waals surface area contributed by atoms with E-state index in [1.54, 1.807) is 0 Å². The number of urea groups is 1. The molecule has 0 spiro atoms. The minimum atomic E-state index is -0.486. The van der Waals surface area contributed by atoms with Crippen LogP contribution in [0, 0.1) is 5.92 Å². The van der Waals surface area contributed by atoms with Crippen LogP contribution in [-0.4, -0.2) is 41.8 Å². The fraction of sp³-hybridized carbons (Fsp3) is 0.457. The number of carbonyl (C=O) groups is 1. The van der Waals surface area contributed by atoms with E-state index in [1.165, 1.54) is 32.1 Å². The van der Waals surface area contributed by atoms with Gasteiger partial charge in [-0.15, -0.1) is 0 Å². The summed E-state index contributed by atoms with van der Waals surface area (Å²) in [5, 5.41) is 15.4.